The average Bonchev–Trinajstić information content (AvgIpc) is 2.57. The maximum absolute atomic E-state index is 11.4. The molecule has 0 saturated carbocycles. The van der Waals surface area contributed by atoms with E-state index in [2.05, 4.69) is 10.2 Å². The molecule has 0 amide bonds. The first-order valence-electron chi connectivity index (χ1n) is 7.94. The van der Waals surface area contributed by atoms with Gasteiger partial charge in [-0.2, -0.15) is 0 Å². The Balaban J connectivity index is 1.95. The maximum Gasteiger partial charge on any atom is 0.337 e. The number of nitrogens with one attached hydrogen (secondary N) is 1. The van der Waals surface area contributed by atoms with Crippen LogP contribution in [0.4, 0.5) is 17.1 Å². The van der Waals surface area contributed by atoms with Crippen LogP contribution in [0.25, 0.3) is 0 Å². The second-order valence-corrected chi connectivity index (χ2v) is 6.34. The zero-order chi connectivity index (χ0) is 17.1. The van der Waals surface area contributed by atoms with Gasteiger partial charge in [0.2, 0.25) is 0 Å². The van der Waals surface area contributed by atoms with Crippen molar-refractivity contribution in [2.24, 2.45) is 5.73 Å². The Hall–Kier alpha value is -2.24. The van der Waals surface area contributed by atoms with Crippen molar-refractivity contribution >= 4 is 34.6 Å². The summed E-state index contributed by atoms with van der Waals surface area (Å²) in [5.41, 5.74) is 8.45. The Labute approximate surface area is 146 Å². The predicted octanol–water partition coefficient (Wildman–Crippen LogP) is 3.71. The largest absolute Gasteiger partial charge is 0.478 e. The van der Waals surface area contributed by atoms with Gasteiger partial charge in [0.25, 0.3) is 0 Å². The van der Waals surface area contributed by atoms with Gasteiger partial charge in [0.05, 0.1) is 27.6 Å². The molecule has 1 fully saturated rings. The van der Waals surface area contributed by atoms with Crippen molar-refractivity contribution in [1.29, 1.82) is 0 Å². The molecule has 3 rings (SSSR count). The molecule has 1 saturated heterocycles. The van der Waals surface area contributed by atoms with Gasteiger partial charge in [0.15, 0.2) is 0 Å². The Morgan fingerprint density at radius 1 is 1.12 bits per heavy atom. The monoisotopic (exact) mass is 345 g/mol. The number of halogens is 1. The fourth-order valence-corrected chi connectivity index (χ4v) is 3.28. The van der Waals surface area contributed by atoms with Gasteiger partial charge in [0, 0.05) is 19.1 Å². The van der Waals surface area contributed by atoms with Gasteiger partial charge in [-0.05, 0) is 37.1 Å². The van der Waals surface area contributed by atoms with Gasteiger partial charge in [-0.1, -0.05) is 29.8 Å². The van der Waals surface area contributed by atoms with Gasteiger partial charge in [-0.25, -0.2) is 4.79 Å². The highest BCUT2D eigenvalue weighted by Crippen LogP contribution is 2.37. The van der Waals surface area contributed by atoms with Crippen molar-refractivity contribution in [1.82, 2.24) is 0 Å². The zero-order valence-electron chi connectivity index (χ0n) is 13.2. The van der Waals surface area contributed by atoms with E-state index in [1.165, 1.54) is 0 Å². The summed E-state index contributed by atoms with van der Waals surface area (Å²) in [7, 11) is 0. The molecule has 4 N–H and O–H groups in total. The summed E-state index contributed by atoms with van der Waals surface area (Å²) in [4.78, 5) is 13.6. The molecular formula is C18H20ClN3O2. The molecular weight excluding hydrogens is 326 g/mol. The number of carboxylic acids is 1. The number of carboxylic acid groups (broad SMARTS) is 1. The number of carbonyl (C=O) groups is 1. The first-order chi connectivity index (χ1) is 11.6. The standard InChI is InChI=1S/C18H20ClN3O2/c19-14-5-3-7-16(17(14)22-10-8-12(20)9-11-22)21-15-6-2-1-4-13(15)18(23)24/h1-7,12,21H,8-11,20H2,(H,23,24). The number of para-hydroxylation sites is 2. The fraction of sp³-hybridized carbons (Fsp3) is 0.278. The molecule has 1 aliphatic rings. The number of hydrogen-bond donors (Lipinski definition) is 3. The number of benzene rings is 2. The maximum atomic E-state index is 11.4. The molecule has 0 aromatic heterocycles. The number of piperidine rings is 1. The number of rotatable bonds is 4. The zero-order valence-corrected chi connectivity index (χ0v) is 14.0. The van der Waals surface area contributed by atoms with E-state index in [0.717, 1.165) is 37.3 Å². The highest BCUT2D eigenvalue weighted by Gasteiger charge is 2.21. The Kier molecular flexibility index (Phi) is 4.92. The number of anilines is 3. The summed E-state index contributed by atoms with van der Waals surface area (Å²) >= 11 is 6.44. The van der Waals surface area contributed by atoms with E-state index in [1.54, 1.807) is 24.3 Å². The van der Waals surface area contributed by atoms with Crippen LogP contribution in [0.1, 0.15) is 23.2 Å². The molecule has 6 heteroatoms. The lowest BCUT2D eigenvalue weighted by Crippen LogP contribution is -2.40. The van der Waals surface area contributed by atoms with Crippen LogP contribution >= 0.6 is 11.6 Å². The summed E-state index contributed by atoms with van der Waals surface area (Å²) in [6, 6.07) is 12.7. The minimum absolute atomic E-state index is 0.226. The van der Waals surface area contributed by atoms with Crippen molar-refractivity contribution in [2.45, 2.75) is 18.9 Å². The molecule has 0 spiro atoms. The van der Waals surface area contributed by atoms with Crippen molar-refractivity contribution in [3.8, 4) is 0 Å². The molecule has 24 heavy (non-hydrogen) atoms. The summed E-state index contributed by atoms with van der Waals surface area (Å²) in [6.45, 7) is 1.67. The molecule has 0 aliphatic carbocycles. The van der Waals surface area contributed by atoms with E-state index in [-0.39, 0.29) is 11.6 Å². The van der Waals surface area contributed by atoms with E-state index in [1.807, 2.05) is 18.2 Å². The molecule has 0 radical (unpaired) electrons. The molecule has 126 valence electrons. The van der Waals surface area contributed by atoms with Crippen molar-refractivity contribution in [2.75, 3.05) is 23.3 Å². The molecule has 5 nitrogen and oxygen atoms in total. The van der Waals surface area contributed by atoms with E-state index < -0.39 is 5.97 Å². The van der Waals surface area contributed by atoms with Crippen LogP contribution in [-0.2, 0) is 0 Å². The molecule has 0 bridgehead atoms. The second kappa shape index (κ2) is 7.11. The minimum Gasteiger partial charge on any atom is -0.478 e. The third-order valence-corrected chi connectivity index (χ3v) is 4.57. The molecule has 1 heterocycles. The molecule has 2 aromatic carbocycles. The molecule has 1 aliphatic heterocycles. The van der Waals surface area contributed by atoms with Crippen LogP contribution in [-0.4, -0.2) is 30.2 Å². The smallest absolute Gasteiger partial charge is 0.337 e. The number of nitrogens with zero attached hydrogens (tertiary/aromatic N) is 1. The van der Waals surface area contributed by atoms with Gasteiger partial charge in [0.1, 0.15) is 0 Å². The lowest BCUT2D eigenvalue weighted by Gasteiger charge is -2.34. The minimum atomic E-state index is -0.967. The van der Waals surface area contributed by atoms with Crippen LogP contribution in [0.2, 0.25) is 5.02 Å². The van der Waals surface area contributed by atoms with E-state index >= 15 is 0 Å². The number of hydrogen-bond acceptors (Lipinski definition) is 4. The van der Waals surface area contributed by atoms with Crippen molar-refractivity contribution in [3.05, 3.63) is 53.1 Å². The van der Waals surface area contributed by atoms with Gasteiger partial charge in [-0.3, -0.25) is 0 Å². The quantitative estimate of drug-likeness (QED) is 0.787. The second-order valence-electron chi connectivity index (χ2n) is 5.94. The SMILES string of the molecule is NC1CCN(c2c(Cl)cccc2Nc2ccccc2C(=O)O)CC1. The summed E-state index contributed by atoms with van der Waals surface area (Å²) in [5.74, 6) is -0.967. The Bertz CT molecular complexity index is 743. The Morgan fingerprint density at radius 2 is 1.79 bits per heavy atom. The number of aromatic carboxylic acids is 1. The highest BCUT2D eigenvalue weighted by atomic mass is 35.5. The van der Waals surface area contributed by atoms with Crippen molar-refractivity contribution < 1.29 is 9.90 Å². The van der Waals surface area contributed by atoms with Gasteiger partial charge < -0.3 is 21.1 Å². The number of nitrogens with two attached hydrogens (primary N) is 1. The molecule has 0 atom stereocenters. The normalized spacial score (nSPS) is 15.3. The van der Waals surface area contributed by atoms with Crippen LogP contribution in [0, 0.1) is 0 Å². The first-order valence-corrected chi connectivity index (χ1v) is 8.32. The van der Waals surface area contributed by atoms with Crippen LogP contribution in [0.5, 0.6) is 0 Å². The third kappa shape index (κ3) is 3.47. The van der Waals surface area contributed by atoms with E-state index in [9.17, 15) is 9.90 Å². The topological polar surface area (TPSA) is 78.6 Å². The van der Waals surface area contributed by atoms with E-state index in [0.29, 0.717) is 10.7 Å². The Morgan fingerprint density at radius 3 is 2.50 bits per heavy atom. The van der Waals surface area contributed by atoms with Gasteiger partial charge in [-0.15, -0.1) is 0 Å². The average molecular weight is 346 g/mol. The van der Waals surface area contributed by atoms with Crippen LogP contribution in [0.15, 0.2) is 42.5 Å². The summed E-state index contributed by atoms with van der Waals surface area (Å²) in [6.07, 6.45) is 1.83. The molecule has 2 aromatic rings. The molecule has 0 unspecified atom stereocenters. The lowest BCUT2D eigenvalue weighted by atomic mass is 10.0. The summed E-state index contributed by atoms with van der Waals surface area (Å²) in [5, 5.41) is 13.2. The third-order valence-electron chi connectivity index (χ3n) is 4.27. The van der Waals surface area contributed by atoms with Crippen LogP contribution < -0.4 is 16.0 Å². The van der Waals surface area contributed by atoms with Crippen LogP contribution in [0.3, 0.4) is 0 Å². The van der Waals surface area contributed by atoms with Crippen molar-refractivity contribution in [3.63, 3.8) is 0 Å². The van der Waals surface area contributed by atoms with E-state index in [4.69, 9.17) is 17.3 Å². The highest BCUT2D eigenvalue weighted by molar-refractivity contribution is 6.34. The van der Waals surface area contributed by atoms with Gasteiger partial charge >= 0.3 is 5.97 Å². The first kappa shape index (κ1) is 16.6. The summed E-state index contributed by atoms with van der Waals surface area (Å²) < 4.78 is 0. The fourth-order valence-electron chi connectivity index (χ4n) is 2.98. The lowest BCUT2D eigenvalue weighted by molar-refractivity contribution is 0.0698. The predicted molar refractivity (Wildman–Crippen MR) is 97.6 cm³/mol.